The highest BCUT2D eigenvalue weighted by molar-refractivity contribution is 5.74. The molecule has 2 amide bonds. The molecule has 1 unspecified atom stereocenters. The van der Waals surface area contributed by atoms with Crippen molar-refractivity contribution in [1.29, 1.82) is 0 Å². The minimum Gasteiger partial charge on any atom is -0.334 e. The number of hydrogen-bond acceptors (Lipinski definition) is 1. The maximum absolute atomic E-state index is 13.2. The molecule has 0 aliphatic rings. The molecule has 8 heteroatoms. The lowest BCUT2D eigenvalue weighted by molar-refractivity contribution is -0.137. The van der Waals surface area contributed by atoms with Gasteiger partial charge in [0.2, 0.25) is 0 Å². The Bertz CT molecular complexity index is 761. The van der Waals surface area contributed by atoms with Gasteiger partial charge in [-0.1, -0.05) is 18.2 Å². The molecule has 2 N–H and O–H groups in total. The summed E-state index contributed by atoms with van der Waals surface area (Å²) in [7, 11) is 0. The van der Waals surface area contributed by atoms with Crippen LogP contribution in [0.4, 0.5) is 26.7 Å². The number of halogens is 5. The summed E-state index contributed by atoms with van der Waals surface area (Å²) in [4.78, 5) is 11.8. The molecule has 2 aromatic carbocycles. The molecule has 2 aromatic rings. The van der Waals surface area contributed by atoms with Crippen molar-refractivity contribution < 1.29 is 26.7 Å². The van der Waals surface area contributed by atoms with Gasteiger partial charge in [-0.25, -0.2) is 13.6 Å². The summed E-state index contributed by atoms with van der Waals surface area (Å²) in [5, 5.41) is 4.92. The van der Waals surface area contributed by atoms with E-state index in [-0.39, 0.29) is 12.1 Å². The summed E-state index contributed by atoms with van der Waals surface area (Å²) in [5.41, 5.74) is -0.166. The van der Waals surface area contributed by atoms with Crippen LogP contribution in [0.3, 0.4) is 0 Å². The van der Waals surface area contributed by atoms with E-state index in [1.165, 1.54) is 18.2 Å². The van der Waals surface area contributed by atoms with Gasteiger partial charge in [0.1, 0.15) is 0 Å². The summed E-state index contributed by atoms with van der Waals surface area (Å²) in [6, 6.07) is 6.57. The lowest BCUT2D eigenvalue weighted by Gasteiger charge is -2.15. The summed E-state index contributed by atoms with van der Waals surface area (Å²) in [6.07, 6.45) is -4.46. The van der Waals surface area contributed by atoms with Gasteiger partial charge in [-0.2, -0.15) is 13.2 Å². The van der Waals surface area contributed by atoms with E-state index < -0.39 is 35.4 Å². The highest BCUT2D eigenvalue weighted by atomic mass is 19.4. The molecule has 0 bridgehead atoms. The Morgan fingerprint density at radius 3 is 2.44 bits per heavy atom. The standard InChI is InChI=1S/C17H15F5N2O/c1-10(12-5-6-14(18)15(19)8-12)24-16(25)23-9-11-3-2-4-13(7-11)17(20,21)22/h2-8,10H,9H2,1H3,(H2,23,24,25). The topological polar surface area (TPSA) is 41.1 Å². The lowest BCUT2D eigenvalue weighted by atomic mass is 10.1. The van der Waals surface area contributed by atoms with Crippen LogP contribution in [0.5, 0.6) is 0 Å². The van der Waals surface area contributed by atoms with E-state index in [0.29, 0.717) is 5.56 Å². The molecule has 25 heavy (non-hydrogen) atoms. The van der Waals surface area contributed by atoms with Gasteiger partial charge >= 0.3 is 12.2 Å². The molecule has 0 saturated carbocycles. The van der Waals surface area contributed by atoms with Crippen LogP contribution in [0.25, 0.3) is 0 Å². The highest BCUT2D eigenvalue weighted by Crippen LogP contribution is 2.29. The predicted octanol–water partition coefficient (Wildman–Crippen LogP) is 4.54. The van der Waals surface area contributed by atoms with Gasteiger partial charge in [0.25, 0.3) is 0 Å². The molecule has 0 fully saturated rings. The normalized spacial score (nSPS) is 12.6. The number of amides is 2. The average molecular weight is 358 g/mol. The van der Waals surface area contributed by atoms with Gasteiger partial charge in [-0.3, -0.25) is 0 Å². The Morgan fingerprint density at radius 2 is 1.80 bits per heavy atom. The predicted molar refractivity (Wildman–Crippen MR) is 81.6 cm³/mol. The lowest BCUT2D eigenvalue weighted by Crippen LogP contribution is -2.36. The second-order valence-electron chi connectivity index (χ2n) is 5.42. The van der Waals surface area contributed by atoms with E-state index in [1.54, 1.807) is 6.92 Å². The fourth-order valence-electron chi connectivity index (χ4n) is 2.15. The van der Waals surface area contributed by atoms with Crippen LogP contribution in [-0.4, -0.2) is 6.03 Å². The number of rotatable bonds is 4. The Labute approximate surface area is 140 Å². The van der Waals surface area contributed by atoms with Crippen LogP contribution in [0.15, 0.2) is 42.5 Å². The third-order valence-corrected chi connectivity index (χ3v) is 3.50. The maximum atomic E-state index is 13.2. The SMILES string of the molecule is CC(NC(=O)NCc1cccc(C(F)(F)F)c1)c1ccc(F)c(F)c1. The van der Waals surface area contributed by atoms with Crippen LogP contribution in [0.2, 0.25) is 0 Å². The van der Waals surface area contributed by atoms with Gasteiger partial charge in [0, 0.05) is 6.54 Å². The zero-order valence-corrected chi connectivity index (χ0v) is 13.1. The molecule has 1 atom stereocenters. The fraction of sp³-hybridized carbons (Fsp3) is 0.235. The Kier molecular flexibility index (Phi) is 5.61. The third kappa shape index (κ3) is 5.17. The number of nitrogens with one attached hydrogen (secondary N) is 2. The van der Waals surface area contributed by atoms with Gasteiger partial charge in [0.15, 0.2) is 11.6 Å². The number of carbonyl (C=O) groups excluding carboxylic acids is 1. The minimum atomic E-state index is -4.46. The molecule has 0 aliphatic heterocycles. The largest absolute Gasteiger partial charge is 0.416 e. The number of hydrogen-bond donors (Lipinski definition) is 2. The number of alkyl halides is 3. The zero-order chi connectivity index (χ0) is 18.6. The molecule has 0 aliphatic carbocycles. The molecular formula is C17H15F5N2O. The first-order valence-electron chi connectivity index (χ1n) is 7.32. The molecular weight excluding hydrogens is 343 g/mol. The zero-order valence-electron chi connectivity index (χ0n) is 13.1. The maximum Gasteiger partial charge on any atom is 0.416 e. The van der Waals surface area contributed by atoms with Gasteiger partial charge < -0.3 is 10.6 Å². The second kappa shape index (κ2) is 7.50. The first kappa shape index (κ1) is 18.7. The Hall–Kier alpha value is -2.64. The number of carbonyl (C=O) groups is 1. The van der Waals surface area contributed by atoms with Gasteiger partial charge in [-0.05, 0) is 42.3 Å². The quantitative estimate of drug-likeness (QED) is 0.774. The van der Waals surface area contributed by atoms with E-state index in [4.69, 9.17) is 0 Å². The summed E-state index contributed by atoms with van der Waals surface area (Å²) < 4.78 is 64.0. The van der Waals surface area contributed by atoms with E-state index in [0.717, 1.165) is 24.3 Å². The van der Waals surface area contributed by atoms with Crippen LogP contribution >= 0.6 is 0 Å². The van der Waals surface area contributed by atoms with Crippen molar-refractivity contribution in [2.75, 3.05) is 0 Å². The van der Waals surface area contributed by atoms with Crippen LogP contribution < -0.4 is 10.6 Å². The van der Waals surface area contributed by atoms with E-state index >= 15 is 0 Å². The van der Waals surface area contributed by atoms with Crippen molar-refractivity contribution in [3.8, 4) is 0 Å². The molecule has 134 valence electrons. The third-order valence-electron chi connectivity index (χ3n) is 3.50. The molecule has 0 saturated heterocycles. The van der Waals surface area contributed by atoms with Crippen molar-refractivity contribution in [2.45, 2.75) is 25.7 Å². The van der Waals surface area contributed by atoms with Crippen LogP contribution in [0, 0.1) is 11.6 Å². The first-order valence-corrected chi connectivity index (χ1v) is 7.32. The van der Waals surface area contributed by atoms with Crippen molar-refractivity contribution in [2.24, 2.45) is 0 Å². The summed E-state index contributed by atoms with van der Waals surface area (Å²) in [5.74, 6) is -2.03. The monoisotopic (exact) mass is 358 g/mol. The van der Waals surface area contributed by atoms with Crippen molar-refractivity contribution >= 4 is 6.03 Å². The number of urea groups is 1. The fourth-order valence-corrected chi connectivity index (χ4v) is 2.15. The smallest absolute Gasteiger partial charge is 0.334 e. The Morgan fingerprint density at radius 1 is 1.08 bits per heavy atom. The van der Waals surface area contributed by atoms with Crippen molar-refractivity contribution in [1.82, 2.24) is 10.6 Å². The number of benzene rings is 2. The minimum absolute atomic E-state index is 0.111. The van der Waals surface area contributed by atoms with E-state index in [2.05, 4.69) is 10.6 Å². The first-order chi connectivity index (χ1) is 11.7. The van der Waals surface area contributed by atoms with Gasteiger partial charge in [0.05, 0.1) is 11.6 Å². The molecule has 2 rings (SSSR count). The van der Waals surface area contributed by atoms with Crippen LogP contribution in [-0.2, 0) is 12.7 Å². The molecule has 3 nitrogen and oxygen atoms in total. The summed E-state index contributed by atoms with van der Waals surface area (Å²) >= 11 is 0. The van der Waals surface area contributed by atoms with Crippen molar-refractivity contribution in [3.63, 3.8) is 0 Å². The van der Waals surface area contributed by atoms with E-state index in [9.17, 15) is 26.7 Å². The molecule has 0 spiro atoms. The molecule has 0 radical (unpaired) electrons. The van der Waals surface area contributed by atoms with Crippen LogP contribution in [0.1, 0.15) is 29.7 Å². The Balaban J connectivity index is 1.93. The molecule has 0 aromatic heterocycles. The summed E-state index contributed by atoms with van der Waals surface area (Å²) in [6.45, 7) is 1.46. The van der Waals surface area contributed by atoms with E-state index in [1.807, 2.05) is 0 Å². The molecule has 0 heterocycles. The van der Waals surface area contributed by atoms with Crippen molar-refractivity contribution in [3.05, 3.63) is 70.8 Å². The van der Waals surface area contributed by atoms with Gasteiger partial charge in [-0.15, -0.1) is 0 Å². The second-order valence-corrected chi connectivity index (χ2v) is 5.42. The average Bonchev–Trinajstić information content (AvgIpc) is 2.55. The highest BCUT2D eigenvalue weighted by Gasteiger charge is 2.30.